The van der Waals surface area contributed by atoms with Crippen LogP contribution < -0.4 is 10.9 Å². The highest BCUT2D eigenvalue weighted by molar-refractivity contribution is 5.77. The van der Waals surface area contributed by atoms with Gasteiger partial charge in [-0.2, -0.15) is 10.2 Å². The van der Waals surface area contributed by atoms with Gasteiger partial charge in [-0.25, -0.2) is 9.78 Å². The fourth-order valence-electron chi connectivity index (χ4n) is 5.34. The minimum Gasteiger partial charge on any atom is -0.444 e. The largest absolute Gasteiger partial charge is 0.444 e. The number of rotatable bonds is 4. The number of pyridine rings is 1. The van der Waals surface area contributed by atoms with Gasteiger partial charge in [0.05, 0.1) is 0 Å². The SMILES string of the molecule is CC(C)(C)OC(=O)N1CCc2cc(Nc3ncc4cc(C#N)c(=O)n(CC5CCCCC5)c4n3)ccc2C1. The summed E-state index contributed by atoms with van der Waals surface area (Å²) >= 11 is 0. The van der Waals surface area contributed by atoms with Crippen molar-refractivity contribution >= 4 is 28.8 Å². The Balaban J connectivity index is 1.38. The van der Waals surface area contributed by atoms with E-state index in [2.05, 4.69) is 16.4 Å². The number of hydrogen-bond acceptors (Lipinski definition) is 7. The van der Waals surface area contributed by atoms with Gasteiger partial charge >= 0.3 is 6.09 Å². The average Bonchev–Trinajstić information content (AvgIpc) is 2.89. The molecule has 1 saturated carbocycles. The smallest absolute Gasteiger partial charge is 0.410 e. The van der Waals surface area contributed by atoms with E-state index in [-0.39, 0.29) is 17.2 Å². The van der Waals surface area contributed by atoms with Crippen LogP contribution in [0.4, 0.5) is 16.4 Å². The van der Waals surface area contributed by atoms with Crippen LogP contribution in [0.15, 0.2) is 35.3 Å². The average molecular weight is 515 g/mol. The van der Waals surface area contributed by atoms with Crippen molar-refractivity contribution < 1.29 is 9.53 Å². The van der Waals surface area contributed by atoms with Crippen LogP contribution in [0.2, 0.25) is 0 Å². The Morgan fingerprint density at radius 2 is 1.97 bits per heavy atom. The lowest BCUT2D eigenvalue weighted by molar-refractivity contribution is 0.0224. The standard InChI is InChI=1S/C29H34N6O3/c1-29(2,3)38-28(37)34-12-11-20-14-24(10-9-21(20)18-34)32-27-31-16-23-13-22(15-30)26(36)35(25(23)33-27)17-19-7-5-4-6-8-19/h9-10,13-14,16,19H,4-8,11-12,17-18H2,1-3H3,(H,31,32,33). The molecule has 0 radical (unpaired) electrons. The fourth-order valence-corrected chi connectivity index (χ4v) is 5.34. The maximum absolute atomic E-state index is 13.1. The van der Waals surface area contributed by atoms with E-state index in [1.165, 1.54) is 19.3 Å². The number of ether oxygens (including phenoxy) is 1. The minimum absolute atomic E-state index is 0.118. The van der Waals surface area contributed by atoms with Gasteiger partial charge in [-0.1, -0.05) is 25.3 Å². The molecule has 1 amide bonds. The van der Waals surface area contributed by atoms with E-state index in [1.807, 2.05) is 39.0 Å². The summed E-state index contributed by atoms with van der Waals surface area (Å²) in [6.45, 7) is 7.26. The summed E-state index contributed by atoms with van der Waals surface area (Å²) in [7, 11) is 0. The lowest BCUT2D eigenvalue weighted by atomic mass is 9.89. The number of nitrogens with zero attached hydrogens (tertiary/aromatic N) is 5. The number of nitriles is 1. The fraction of sp³-hybridized carbons (Fsp3) is 0.483. The quantitative estimate of drug-likeness (QED) is 0.504. The molecule has 198 valence electrons. The molecule has 5 rings (SSSR count). The summed E-state index contributed by atoms with van der Waals surface area (Å²) in [5.41, 5.74) is 2.92. The van der Waals surface area contributed by atoms with E-state index in [1.54, 1.807) is 21.7 Å². The summed E-state index contributed by atoms with van der Waals surface area (Å²) in [5.74, 6) is 0.802. The second-order valence-electron chi connectivity index (χ2n) is 11.3. The molecule has 1 aliphatic heterocycles. The van der Waals surface area contributed by atoms with E-state index in [0.717, 1.165) is 36.1 Å². The lowest BCUT2D eigenvalue weighted by Gasteiger charge is -2.31. The number of carbonyl (C=O) groups excluding carboxylic acids is 1. The highest BCUT2D eigenvalue weighted by Crippen LogP contribution is 2.27. The molecule has 2 aromatic heterocycles. The first-order valence-corrected chi connectivity index (χ1v) is 13.4. The Labute approximate surface area is 222 Å². The zero-order valence-electron chi connectivity index (χ0n) is 22.3. The van der Waals surface area contributed by atoms with Gasteiger partial charge in [0.15, 0.2) is 0 Å². The van der Waals surface area contributed by atoms with Crippen LogP contribution in [-0.4, -0.2) is 37.7 Å². The molecule has 1 aromatic carbocycles. The first-order valence-electron chi connectivity index (χ1n) is 13.4. The summed E-state index contributed by atoms with van der Waals surface area (Å²) in [4.78, 5) is 36.5. The number of nitrogens with one attached hydrogen (secondary N) is 1. The Morgan fingerprint density at radius 3 is 2.71 bits per heavy atom. The van der Waals surface area contributed by atoms with Gasteiger partial charge in [0.25, 0.3) is 5.56 Å². The van der Waals surface area contributed by atoms with Crippen LogP contribution >= 0.6 is 0 Å². The number of aromatic nitrogens is 3. The summed E-state index contributed by atoms with van der Waals surface area (Å²) in [6, 6.07) is 9.62. The summed E-state index contributed by atoms with van der Waals surface area (Å²) in [6.07, 6.45) is 7.84. The molecule has 0 spiro atoms. The molecule has 0 bridgehead atoms. The van der Waals surface area contributed by atoms with Gasteiger partial charge in [-0.05, 0) is 75.3 Å². The molecule has 9 nitrogen and oxygen atoms in total. The highest BCUT2D eigenvalue weighted by atomic mass is 16.6. The topological polar surface area (TPSA) is 113 Å². The van der Waals surface area contributed by atoms with Gasteiger partial charge < -0.3 is 15.0 Å². The zero-order valence-corrected chi connectivity index (χ0v) is 22.3. The monoisotopic (exact) mass is 514 g/mol. The second-order valence-corrected chi connectivity index (χ2v) is 11.3. The van der Waals surface area contributed by atoms with Crippen molar-refractivity contribution in [2.24, 2.45) is 5.92 Å². The van der Waals surface area contributed by atoms with Gasteiger partial charge in [0.2, 0.25) is 5.95 Å². The van der Waals surface area contributed by atoms with Crippen molar-refractivity contribution in [1.82, 2.24) is 19.4 Å². The van der Waals surface area contributed by atoms with E-state index < -0.39 is 5.60 Å². The van der Waals surface area contributed by atoms with E-state index >= 15 is 0 Å². The Morgan fingerprint density at radius 1 is 1.18 bits per heavy atom. The maximum atomic E-state index is 13.1. The predicted octanol–water partition coefficient (Wildman–Crippen LogP) is 5.28. The third-order valence-corrected chi connectivity index (χ3v) is 7.24. The molecule has 1 aliphatic carbocycles. The van der Waals surface area contributed by atoms with E-state index in [4.69, 9.17) is 9.72 Å². The van der Waals surface area contributed by atoms with E-state index in [0.29, 0.717) is 42.5 Å². The Hall–Kier alpha value is -3.93. The van der Waals surface area contributed by atoms with Crippen LogP contribution in [0.3, 0.4) is 0 Å². The molecular weight excluding hydrogens is 480 g/mol. The van der Waals surface area contributed by atoms with Crippen LogP contribution in [-0.2, 0) is 24.2 Å². The van der Waals surface area contributed by atoms with Crippen LogP contribution in [0.25, 0.3) is 11.0 Å². The number of carbonyl (C=O) groups is 1. The molecule has 0 unspecified atom stereocenters. The van der Waals surface area contributed by atoms with Crippen LogP contribution in [0, 0.1) is 17.2 Å². The first-order chi connectivity index (χ1) is 18.2. The number of benzene rings is 1. The molecule has 0 atom stereocenters. The summed E-state index contributed by atoms with van der Waals surface area (Å²) < 4.78 is 7.19. The minimum atomic E-state index is -0.525. The van der Waals surface area contributed by atoms with Crippen LogP contribution in [0.5, 0.6) is 0 Å². The molecule has 1 fully saturated rings. The van der Waals surface area contributed by atoms with Crippen molar-refractivity contribution in [2.45, 2.75) is 78.0 Å². The molecule has 3 heterocycles. The third-order valence-electron chi connectivity index (χ3n) is 7.24. The molecule has 2 aliphatic rings. The highest BCUT2D eigenvalue weighted by Gasteiger charge is 2.26. The Bertz CT molecular complexity index is 1460. The zero-order chi connectivity index (χ0) is 26.9. The van der Waals surface area contributed by atoms with Gasteiger partial charge in [0.1, 0.15) is 22.9 Å². The molecular formula is C29H34N6O3. The Kier molecular flexibility index (Phi) is 7.06. The van der Waals surface area contributed by atoms with Crippen molar-refractivity contribution in [3.8, 4) is 6.07 Å². The number of anilines is 2. The number of hydrogen-bond donors (Lipinski definition) is 1. The van der Waals surface area contributed by atoms with Crippen molar-refractivity contribution in [3.63, 3.8) is 0 Å². The number of amides is 1. The van der Waals surface area contributed by atoms with Crippen molar-refractivity contribution in [2.75, 3.05) is 11.9 Å². The van der Waals surface area contributed by atoms with Crippen molar-refractivity contribution in [3.05, 3.63) is 57.5 Å². The maximum Gasteiger partial charge on any atom is 0.410 e. The van der Waals surface area contributed by atoms with Gasteiger partial charge in [-0.15, -0.1) is 0 Å². The molecule has 38 heavy (non-hydrogen) atoms. The normalized spacial score (nSPS) is 16.1. The lowest BCUT2D eigenvalue weighted by Crippen LogP contribution is -2.39. The second kappa shape index (κ2) is 10.4. The molecule has 3 aromatic rings. The number of fused-ring (bicyclic) bond motifs is 2. The molecule has 9 heteroatoms. The van der Waals surface area contributed by atoms with E-state index in [9.17, 15) is 14.9 Å². The van der Waals surface area contributed by atoms with Gasteiger partial charge in [-0.3, -0.25) is 9.36 Å². The molecule has 0 saturated heterocycles. The predicted molar refractivity (Wildman–Crippen MR) is 145 cm³/mol. The van der Waals surface area contributed by atoms with Crippen LogP contribution in [0.1, 0.15) is 69.6 Å². The third kappa shape index (κ3) is 5.64. The first kappa shape index (κ1) is 25.7. The summed E-state index contributed by atoms with van der Waals surface area (Å²) in [5, 5.41) is 13.5. The van der Waals surface area contributed by atoms with Gasteiger partial charge in [0, 0.05) is 36.9 Å². The van der Waals surface area contributed by atoms with Crippen molar-refractivity contribution in [1.29, 1.82) is 5.26 Å². The molecule has 1 N–H and O–H groups in total.